The quantitative estimate of drug-likeness (QED) is 0.620. The Morgan fingerprint density at radius 1 is 1.31 bits per heavy atom. The molecule has 0 spiro atoms. The molecular weight excluding hydrogens is 256 g/mol. The summed E-state index contributed by atoms with van der Waals surface area (Å²) in [7, 11) is -2.39. The standard InChI is InChI=1S/C8H9BrO3S/c1-12-13(10,11)8(9)7-5-3-2-4-6-7/h2-6,8H,1H3. The summed E-state index contributed by atoms with van der Waals surface area (Å²) < 4.78 is 26.0. The van der Waals surface area contributed by atoms with Crippen LogP contribution in [0.25, 0.3) is 0 Å². The molecule has 0 N–H and O–H groups in total. The van der Waals surface area contributed by atoms with Crippen molar-refractivity contribution in [2.75, 3.05) is 7.11 Å². The molecule has 5 heteroatoms. The molecule has 3 nitrogen and oxygen atoms in total. The van der Waals surface area contributed by atoms with Crippen molar-refractivity contribution in [3.63, 3.8) is 0 Å². The highest BCUT2D eigenvalue weighted by atomic mass is 79.9. The van der Waals surface area contributed by atoms with E-state index in [9.17, 15) is 8.42 Å². The molecule has 1 atom stereocenters. The molecule has 0 amide bonds. The molecule has 13 heavy (non-hydrogen) atoms. The molecule has 0 bridgehead atoms. The molecule has 0 saturated heterocycles. The van der Waals surface area contributed by atoms with Gasteiger partial charge in [-0.05, 0) is 5.56 Å². The van der Waals surface area contributed by atoms with Gasteiger partial charge < -0.3 is 0 Å². The van der Waals surface area contributed by atoms with E-state index in [0.717, 1.165) is 7.11 Å². The van der Waals surface area contributed by atoms with Crippen LogP contribution in [-0.4, -0.2) is 15.5 Å². The van der Waals surface area contributed by atoms with Gasteiger partial charge in [0.05, 0.1) is 7.11 Å². The summed E-state index contributed by atoms with van der Waals surface area (Å²) in [6.07, 6.45) is 0. The minimum absolute atomic E-state index is 0.657. The van der Waals surface area contributed by atoms with Crippen molar-refractivity contribution in [2.45, 2.75) is 4.16 Å². The molecule has 0 aliphatic heterocycles. The van der Waals surface area contributed by atoms with E-state index in [-0.39, 0.29) is 0 Å². The molecule has 0 heterocycles. The van der Waals surface area contributed by atoms with Crippen LogP contribution in [0.3, 0.4) is 0 Å². The van der Waals surface area contributed by atoms with Crippen molar-refractivity contribution < 1.29 is 12.6 Å². The van der Waals surface area contributed by atoms with Crippen LogP contribution in [0.2, 0.25) is 0 Å². The molecule has 0 aromatic heterocycles. The molecular formula is C8H9BrO3S. The van der Waals surface area contributed by atoms with Crippen molar-refractivity contribution in [3.05, 3.63) is 35.9 Å². The predicted octanol–water partition coefficient (Wildman–Crippen LogP) is 2.06. The second-order valence-corrected chi connectivity index (χ2v) is 5.70. The van der Waals surface area contributed by atoms with Crippen molar-refractivity contribution in [1.29, 1.82) is 0 Å². The number of benzene rings is 1. The van der Waals surface area contributed by atoms with Gasteiger partial charge in [0.2, 0.25) is 0 Å². The van der Waals surface area contributed by atoms with Gasteiger partial charge in [-0.1, -0.05) is 46.3 Å². The predicted molar refractivity (Wildman–Crippen MR) is 54.0 cm³/mol. The van der Waals surface area contributed by atoms with Gasteiger partial charge in [-0.25, -0.2) is 0 Å². The lowest BCUT2D eigenvalue weighted by Crippen LogP contribution is -2.08. The molecule has 1 unspecified atom stereocenters. The fraction of sp³-hybridized carbons (Fsp3) is 0.250. The lowest BCUT2D eigenvalue weighted by atomic mass is 10.2. The molecule has 1 rings (SSSR count). The van der Waals surface area contributed by atoms with Gasteiger partial charge in [0, 0.05) is 0 Å². The molecule has 72 valence electrons. The van der Waals surface area contributed by atoms with Gasteiger partial charge in [0.15, 0.2) is 4.16 Å². The van der Waals surface area contributed by atoms with Gasteiger partial charge in [0.25, 0.3) is 10.1 Å². The monoisotopic (exact) mass is 264 g/mol. The summed E-state index contributed by atoms with van der Waals surface area (Å²) in [5, 5.41) is 0. The zero-order valence-corrected chi connectivity index (χ0v) is 9.38. The van der Waals surface area contributed by atoms with Crippen LogP contribution in [0.15, 0.2) is 30.3 Å². The van der Waals surface area contributed by atoms with E-state index in [2.05, 4.69) is 20.1 Å². The number of alkyl halides is 1. The lowest BCUT2D eigenvalue weighted by molar-refractivity contribution is 0.396. The summed E-state index contributed by atoms with van der Waals surface area (Å²) in [4.78, 5) is 0. The fourth-order valence-corrected chi connectivity index (χ4v) is 2.28. The van der Waals surface area contributed by atoms with Crippen LogP contribution < -0.4 is 0 Å². The second kappa shape index (κ2) is 4.21. The van der Waals surface area contributed by atoms with Crippen LogP contribution in [0, 0.1) is 0 Å². The van der Waals surface area contributed by atoms with Crippen LogP contribution >= 0.6 is 15.9 Å². The Labute approximate surface area is 86.0 Å². The van der Waals surface area contributed by atoms with E-state index in [1.807, 2.05) is 6.07 Å². The van der Waals surface area contributed by atoms with Crippen LogP contribution in [0.4, 0.5) is 0 Å². The Kier molecular flexibility index (Phi) is 3.47. The van der Waals surface area contributed by atoms with Crippen molar-refractivity contribution in [1.82, 2.24) is 0 Å². The minimum Gasteiger partial charge on any atom is -0.272 e. The zero-order chi connectivity index (χ0) is 9.90. The topological polar surface area (TPSA) is 43.4 Å². The van der Waals surface area contributed by atoms with Crippen molar-refractivity contribution in [3.8, 4) is 0 Å². The highest BCUT2D eigenvalue weighted by Gasteiger charge is 2.23. The number of halogens is 1. The average molecular weight is 265 g/mol. The lowest BCUT2D eigenvalue weighted by Gasteiger charge is -2.08. The first-order chi connectivity index (χ1) is 6.08. The smallest absolute Gasteiger partial charge is 0.272 e. The average Bonchev–Trinajstić information content (AvgIpc) is 2.18. The maximum Gasteiger partial charge on any atom is 0.284 e. The van der Waals surface area contributed by atoms with E-state index in [0.29, 0.717) is 5.56 Å². The Hall–Kier alpha value is -0.390. The largest absolute Gasteiger partial charge is 0.284 e. The molecule has 0 saturated carbocycles. The normalized spacial score (nSPS) is 14.0. The summed E-state index contributed by atoms with van der Waals surface area (Å²) >= 11 is 3.05. The summed E-state index contributed by atoms with van der Waals surface area (Å²) in [6, 6.07) is 8.80. The van der Waals surface area contributed by atoms with E-state index < -0.39 is 14.3 Å². The Balaban J connectivity index is 2.99. The van der Waals surface area contributed by atoms with Gasteiger partial charge in [-0.3, -0.25) is 4.18 Å². The van der Waals surface area contributed by atoms with E-state index >= 15 is 0 Å². The Morgan fingerprint density at radius 3 is 2.31 bits per heavy atom. The first-order valence-corrected chi connectivity index (χ1v) is 5.95. The number of rotatable bonds is 3. The first kappa shape index (κ1) is 10.7. The van der Waals surface area contributed by atoms with E-state index in [4.69, 9.17) is 0 Å². The minimum atomic E-state index is -3.53. The molecule has 1 aromatic rings. The molecule has 0 fully saturated rings. The molecule has 0 aliphatic rings. The fourth-order valence-electron chi connectivity index (χ4n) is 0.855. The maximum atomic E-state index is 11.2. The summed E-state index contributed by atoms with van der Waals surface area (Å²) in [6.45, 7) is 0. The van der Waals surface area contributed by atoms with Crippen LogP contribution in [0.1, 0.15) is 9.72 Å². The molecule has 1 aromatic carbocycles. The second-order valence-electron chi connectivity index (χ2n) is 2.39. The number of hydrogen-bond acceptors (Lipinski definition) is 3. The van der Waals surface area contributed by atoms with E-state index in [1.54, 1.807) is 24.3 Å². The van der Waals surface area contributed by atoms with Gasteiger partial charge in [-0.2, -0.15) is 8.42 Å². The third-order valence-corrected chi connectivity index (χ3v) is 4.69. The maximum absolute atomic E-state index is 11.2. The zero-order valence-electron chi connectivity index (χ0n) is 6.98. The third kappa shape index (κ3) is 2.52. The Bertz CT molecular complexity index is 360. The highest BCUT2D eigenvalue weighted by molar-refractivity contribution is 9.10. The number of hydrogen-bond donors (Lipinski definition) is 0. The van der Waals surface area contributed by atoms with Gasteiger partial charge in [-0.15, -0.1) is 0 Å². The first-order valence-electron chi connectivity index (χ1n) is 3.56. The van der Waals surface area contributed by atoms with Crippen molar-refractivity contribution >= 4 is 26.0 Å². The Morgan fingerprint density at radius 2 is 1.85 bits per heavy atom. The van der Waals surface area contributed by atoms with Crippen LogP contribution in [-0.2, 0) is 14.3 Å². The van der Waals surface area contributed by atoms with Crippen molar-refractivity contribution in [2.24, 2.45) is 0 Å². The highest BCUT2D eigenvalue weighted by Crippen LogP contribution is 2.29. The summed E-state index contributed by atoms with van der Waals surface area (Å²) in [5.41, 5.74) is 0.657. The van der Waals surface area contributed by atoms with Gasteiger partial charge in [0.1, 0.15) is 0 Å². The molecule has 0 radical (unpaired) electrons. The van der Waals surface area contributed by atoms with Gasteiger partial charge >= 0.3 is 0 Å². The van der Waals surface area contributed by atoms with Crippen LogP contribution in [0.5, 0.6) is 0 Å². The molecule has 0 aliphatic carbocycles. The SMILES string of the molecule is COS(=O)(=O)C(Br)c1ccccc1. The third-order valence-electron chi connectivity index (χ3n) is 1.55. The van der Waals surface area contributed by atoms with E-state index in [1.165, 1.54) is 0 Å². The summed E-state index contributed by atoms with van der Waals surface area (Å²) in [5.74, 6) is 0.